The number of benzene rings is 2. The van der Waals surface area contributed by atoms with Crippen LogP contribution >= 0.6 is 0 Å². The number of piperidine rings is 1. The lowest BCUT2D eigenvalue weighted by atomic mass is 10.1. The zero-order valence-corrected chi connectivity index (χ0v) is 15.0. The molecule has 1 N–H and O–H groups in total. The quantitative estimate of drug-likeness (QED) is 0.825. The van der Waals surface area contributed by atoms with Crippen LogP contribution in [0.3, 0.4) is 0 Å². The van der Waals surface area contributed by atoms with Crippen LogP contribution in [0.1, 0.15) is 40.0 Å². The van der Waals surface area contributed by atoms with Gasteiger partial charge in [-0.25, -0.2) is 4.79 Å². The molecule has 0 bridgehead atoms. The highest BCUT2D eigenvalue weighted by Gasteiger charge is 2.20. The molecule has 27 heavy (non-hydrogen) atoms. The first kappa shape index (κ1) is 18.6. The van der Waals surface area contributed by atoms with Crippen LogP contribution < -0.4 is 5.32 Å². The van der Waals surface area contributed by atoms with E-state index in [4.69, 9.17) is 4.74 Å². The highest BCUT2D eigenvalue weighted by atomic mass is 16.5. The Bertz CT molecular complexity index is 814. The summed E-state index contributed by atoms with van der Waals surface area (Å²) in [5, 5.41) is 2.72. The Kier molecular flexibility index (Phi) is 6.20. The smallest absolute Gasteiger partial charge is 0.340 e. The number of para-hydroxylation sites is 1. The molecule has 140 valence electrons. The lowest BCUT2D eigenvalue weighted by Crippen LogP contribution is -2.38. The average molecular weight is 366 g/mol. The predicted octanol–water partition coefficient (Wildman–Crippen LogP) is 3.11. The number of hydrogen-bond acceptors (Lipinski definition) is 4. The molecule has 1 aliphatic heterocycles. The molecule has 1 saturated heterocycles. The number of rotatable bonds is 5. The molecule has 0 aliphatic carbocycles. The third-order valence-corrected chi connectivity index (χ3v) is 4.47. The van der Waals surface area contributed by atoms with Gasteiger partial charge in [-0.1, -0.05) is 30.3 Å². The summed E-state index contributed by atoms with van der Waals surface area (Å²) in [7, 11) is 0. The van der Waals surface area contributed by atoms with Crippen molar-refractivity contribution >= 4 is 23.5 Å². The molecule has 0 unspecified atom stereocenters. The maximum Gasteiger partial charge on any atom is 0.340 e. The maximum atomic E-state index is 12.4. The Morgan fingerprint density at radius 2 is 1.56 bits per heavy atom. The normalized spacial score (nSPS) is 13.7. The second kappa shape index (κ2) is 8.98. The van der Waals surface area contributed by atoms with E-state index in [2.05, 4.69) is 5.32 Å². The van der Waals surface area contributed by atoms with Crippen LogP contribution in [0.25, 0.3) is 0 Å². The van der Waals surface area contributed by atoms with Crippen molar-refractivity contribution in [2.24, 2.45) is 0 Å². The molecule has 0 radical (unpaired) electrons. The van der Waals surface area contributed by atoms with Gasteiger partial charge in [-0.2, -0.15) is 0 Å². The molecule has 3 rings (SSSR count). The number of nitrogens with one attached hydrogen (secondary N) is 1. The zero-order chi connectivity index (χ0) is 19.1. The number of carbonyl (C=O) groups excluding carboxylic acids is 3. The molecule has 2 aromatic carbocycles. The Hall–Kier alpha value is -3.15. The third kappa shape index (κ3) is 4.94. The van der Waals surface area contributed by atoms with E-state index in [1.54, 1.807) is 53.4 Å². The molecule has 6 heteroatoms. The van der Waals surface area contributed by atoms with E-state index in [1.807, 2.05) is 6.07 Å². The lowest BCUT2D eigenvalue weighted by Gasteiger charge is -2.26. The molecule has 0 atom stereocenters. The minimum Gasteiger partial charge on any atom is -0.452 e. The van der Waals surface area contributed by atoms with Gasteiger partial charge in [0.15, 0.2) is 6.61 Å². The maximum absolute atomic E-state index is 12.4. The van der Waals surface area contributed by atoms with Gasteiger partial charge in [0, 0.05) is 18.7 Å². The van der Waals surface area contributed by atoms with Crippen molar-refractivity contribution in [2.45, 2.75) is 19.3 Å². The first-order chi connectivity index (χ1) is 13.1. The molecular weight excluding hydrogens is 344 g/mol. The zero-order valence-electron chi connectivity index (χ0n) is 15.0. The van der Waals surface area contributed by atoms with E-state index < -0.39 is 5.97 Å². The number of likely N-dealkylation sites (tertiary alicyclic amines) is 1. The summed E-state index contributed by atoms with van der Waals surface area (Å²) in [6.45, 7) is 1.13. The highest BCUT2D eigenvalue weighted by Crippen LogP contribution is 2.18. The van der Waals surface area contributed by atoms with Gasteiger partial charge in [0.05, 0.1) is 11.3 Å². The van der Waals surface area contributed by atoms with Crippen LogP contribution in [-0.4, -0.2) is 42.4 Å². The fraction of sp³-hybridized carbons (Fsp3) is 0.286. The van der Waals surface area contributed by atoms with Gasteiger partial charge >= 0.3 is 5.97 Å². The number of ether oxygens (including phenoxy) is 1. The van der Waals surface area contributed by atoms with Gasteiger partial charge in [-0.05, 0) is 43.5 Å². The third-order valence-electron chi connectivity index (χ3n) is 4.47. The van der Waals surface area contributed by atoms with E-state index in [0.29, 0.717) is 24.3 Å². The summed E-state index contributed by atoms with van der Waals surface area (Å²) in [6, 6.07) is 15.3. The van der Waals surface area contributed by atoms with Crippen molar-refractivity contribution in [3.05, 3.63) is 65.7 Å². The van der Waals surface area contributed by atoms with Crippen molar-refractivity contribution in [1.29, 1.82) is 0 Å². The van der Waals surface area contributed by atoms with Crippen LogP contribution in [0.2, 0.25) is 0 Å². The standard InChI is InChI=1S/C21H22N2O4/c24-19(23-13-7-2-8-14-23)15-27-21(26)17-11-5-6-12-18(17)22-20(25)16-9-3-1-4-10-16/h1,3-6,9-12H,2,7-8,13-15H2,(H,22,25). The summed E-state index contributed by atoms with van der Waals surface area (Å²) < 4.78 is 5.19. The number of amides is 2. The van der Waals surface area contributed by atoms with E-state index in [1.165, 1.54) is 0 Å². The molecule has 1 aliphatic rings. The largest absolute Gasteiger partial charge is 0.452 e. The van der Waals surface area contributed by atoms with Crippen LogP contribution in [0, 0.1) is 0 Å². The van der Waals surface area contributed by atoms with Crippen molar-refractivity contribution in [3.63, 3.8) is 0 Å². The molecule has 6 nitrogen and oxygen atoms in total. The number of hydrogen-bond donors (Lipinski definition) is 1. The second-order valence-corrected chi connectivity index (χ2v) is 6.38. The lowest BCUT2D eigenvalue weighted by molar-refractivity contribution is -0.135. The van der Waals surface area contributed by atoms with E-state index >= 15 is 0 Å². The molecule has 0 saturated carbocycles. The van der Waals surface area contributed by atoms with Gasteiger partial charge in [0.1, 0.15) is 0 Å². The summed E-state index contributed by atoms with van der Waals surface area (Å²) >= 11 is 0. The van der Waals surface area contributed by atoms with Gasteiger partial charge in [0.25, 0.3) is 11.8 Å². The van der Waals surface area contributed by atoms with Crippen LogP contribution in [-0.2, 0) is 9.53 Å². The monoisotopic (exact) mass is 366 g/mol. The van der Waals surface area contributed by atoms with E-state index in [-0.39, 0.29) is 24.0 Å². The Morgan fingerprint density at radius 1 is 0.889 bits per heavy atom. The van der Waals surface area contributed by atoms with Crippen molar-refractivity contribution in [3.8, 4) is 0 Å². The molecule has 1 heterocycles. The van der Waals surface area contributed by atoms with E-state index in [0.717, 1.165) is 19.3 Å². The van der Waals surface area contributed by atoms with Crippen LogP contribution in [0.4, 0.5) is 5.69 Å². The fourth-order valence-corrected chi connectivity index (χ4v) is 2.99. The Balaban J connectivity index is 1.63. The van der Waals surface area contributed by atoms with Gasteiger partial charge < -0.3 is 15.0 Å². The molecule has 2 amide bonds. The predicted molar refractivity (Wildman–Crippen MR) is 102 cm³/mol. The molecular formula is C21H22N2O4. The fourth-order valence-electron chi connectivity index (χ4n) is 2.99. The van der Waals surface area contributed by atoms with Gasteiger partial charge in [-0.3, -0.25) is 9.59 Å². The highest BCUT2D eigenvalue weighted by molar-refractivity contribution is 6.08. The van der Waals surface area contributed by atoms with Crippen LogP contribution in [0.15, 0.2) is 54.6 Å². The SMILES string of the molecule is O=C(Nc1ccccc1C(=O)OCC(=O)N1CCCCC1)c1ccccc1. The van der Waals surface area contributed by atoms with E-state index in [9.17, 15) is 14.4 Å². The molecule has 1 fully saturated rings. The Morgan fingerprint density at radius 3 is 2.30 bits per heavy atom. The second-order valence-electron chi connectivity index (χ2n) is 6.38. The number of nitrogens with zero attached hydrogens (tertiary/aromatic N) is 1. The van der Waals surface area contributed by atoms with Crippen molar-refractivity contribution < 1.29 is 19.1 Å². The minimum atomic E-state index is -0.635. The summed E-state index contributed by atoms with van der Waals surface area (Å²) in [5.41, 5.74) is 1.05. The summed E-state index contributed by atoms with van der Waals surface area (Å²) in [6.07, 6.45) is 3.08. The number of anilines is 1. The summed E-state index contributed by atoms with van der Waals surface area (Å²) in [5.74, 6) is -1.14. The van der Waals surface area contributed by atoms with Gasteiger partial charge in [0.2, 0.25) is 0 Å². The topological polar surface area (TPSA) is 75.7 Å². The van der Waals surface area contributed by atoms with Crippen molar-refractivity contribution in [2.75, 3.05) is 25.0 Å². The minimum absolute atomic E-state index is 0.186. The molecule has 0 aromatic heterocycles. The van der Waals surface area contributed by atoms with Crippen molar-refractivity contribution in [1.82, 2.24) is 4.90 Å². The molecule has 0 spiro atoms. The first-order valence-electron chi connectivity index (χ1n) is 9.05. The summed E-state index contributed by atoms with van der Waals surface area (Å²) in [4.78, 5) is 38.6. The Labute approximate surface area is 158 Å². The molecule has 2 aromatic rings. The number of carbonyl (C=O) groups is 3. The average Bonchev–Trinajstić information content (AvgIpc) is 2.73. The number of esters is 1. The first-order valence-corrected chi connectivity index (χ1v) is 9.05. The van der Waals surface area contributed by atoms with Crippen LogP contribution in [0.5, 0.6) is 0 Å². The van der Waals surface area contributed by atoms with Gasteiger partial charge in [-0.15, -0.1) is 0 Å².